The Balaban J connectivity index is 1.88. The first kappa shape index (κ1) is 12.4. The van der Waals surface area contributed by atoms with Gasteiger partial charge in [0, 0.05) is 23.0 Å². The van der Waals surface area contributed by atoms with E-state index in [0.29, 0.717) is 12.8 Å². The second kappa shape index (κ2) is 4.35. The zero-order valence-electron chi connectivity index (χ0n) is 11.6. The third-order valence-corrected chi connectivity index (χ3v) is 4.77. The summed E-state index contributed by atoms with van der Waals surface area (Å²) in [6, 6.07) is 7.66. The first-order valence-corrected chi connectivity index (χ1v) is 7.37. The average Bonchev–Trinajstić information content (AvgIpc) is 3.03. The van der Waals surface area contributed by atoms with Gasteiger partial charge in [-0.3, -0.25) is 9.59 Å². The molecule has 0 radical (unpaired) electrons. The Morgan fingerprint density at radius 3 is 2.86 bits per heavy atom. The number of aromatic amines is 1. The number of aryl methyl sites for hydroxylation is 1. The molecule has 0 spiro atoms. The molecule has 2 amide bonds. The Morgan fingerprint density at radius 1 is 1.24 bits per heavy atom. The monoisotopic (exact) mass is 283 g/mol. The van der Waals surface area contributed by atoms with E-state index in [-0.39, 0.29) is 11.9 Å². The summed E-state index contributed by atoms with van der Waals surface area (Å²) in [6.07, 6.45) is 2.60. The molecule has 3 heterocycles. The number of hydrogen-bond donors (Lipinski definition) is 2. The number of benzene rings is 1. The molecule has 2 atom stereocenters. The van der Waals surface area contributed by atoms with E-state index >= 15 is 0 Å². The lowest BCUT2D eigenvalue weighted by Crippen LogP contribution is -2.44. The van der Waals surface area contributed by atoms with Crippen LogP contribution in [0.15, 0.2) is 24.3 Å². The van der Waals surface area contributed by atoms with E-state index in [0.717, 1.165) is 24.1 Å². The molecule has 1 saturated heterocycles. The van der Waals surface area contributed by atoms with E-state index in [1.165, 1.54) is 10.9 Å². The molecule has 5 nitrogen and oxygen atoms in total. The Kier molecular flexibility index (Phi) is 2.58. The molecule has 2 unspecified atom stereocenters. The summed E-state index contributed by atoms with van der Waals surface area (Å²) in [7, 11) is 0. The van der Waals surface area contributed by atoms with Gasteiger partial charge in [-0.05, 0) is 30.9 Å². The SMILES string of the molecule is NC(=O)C1CCC2c3[nH]c4ccccc4c3CCC(=O)N12. The lowest BCUT2D eigenvalue weighted by atomic mass is 10.0. The lowest BCUT2D eigenvalue weighted by Gasteiger charge is -2.27. The predicted octanol–water partition coefficient (Wildman–Crippen LogP) is 1.63. The van der Waals surface area contributed by atoms with Crippen LogP contribution in [0.1, 0.15) is 36.6 Å². The fraction of sp³-hybridized carbons (Fsp3) is 0.375. The zero-order valence-corrected chi connectivity index (χ0v) is 11.6. The van der Waals surface area contributed by atoms with Crippen molar-refractivity contribution in [1.82, 2.24) is 9.88 Å². The molecular formula is C16H17N3O2. The number of aromatic nitrogens is 1. The summed E-state index contributed by atoms with van der Waals surface area (Å²) < 4.78 is 0. The lowest BCUT2D eigenvalue weighted by molar-refractivity contribution is -0.139. The summed E-state index contributed by atoms with van der Waals surface area (Å²) >= 11 is 0. The number of carbonyl (C=O) groups excluding carboxylic acids is 2. The summed E-state index contributed by atoms with van der Waals surface area (Å²) in [6.45, 7) is 0. The number of fused-ring (bicyclic) bond motifs is 5. The van der Waals surface area contributed by atoms with E-state index in [1.807, 2.05) is 12.1 Å². The van der Waals surface area contributed by atoms with Crippen molar-refractivity contribution < 1.29 is 9.59 Å². The molecule has 0 bridgehead atoms. The van der Waals surface area contributed by atoms with Gasteiger partial charge < -0.3 is 15.6 Å². The highest BCUT2D eigenvalue weighted by Crippen LogP contribution is 2.42. The second-order valence-electron chi connectivity index (χ2n) is 5.88. The predicted molar refractivity (Wildman–Crippen MR) is 78.4 cm³/mol. The van der Waals surface area contributed by atoms with Gasteiger partial charge in [0.05, 0.1) is 6.04 Å². The number of nitrogens with zero attached hydrogens (tertiary/aromatic N) is 1. The summed E-state index contributed by atoms with van der Waals surface area (Å²) in [4.78, 5) is 29.2. The Labute approximate surface area is 122 Å². The highest BCUT2D eigenvalue weighted by atomic mass is 16.2. The number of nitrogens with one attached hydrogen (secondary N) is 1. The van der Waals surface area contributed by atoms with Crippen LogP contribution in [0.5, 0.6) is 0 Å². The molecule has 4 rings (SSSR count). The number of primary amides is 1. The molecule has 3 N–H and O–H groups in total. The molecule has 0 aliphatic carbocycles. The number of hydrogen-bond acceptors (Lipinski definition) is 2. The van der Waals surface area contributed by atoms with E-state index in [9.17, 15) is 9.59 Å². The fourth-order valence-corrected chi connectivity index (χ4v) is 3.86. The summed E-state index contributed by atoms with van der Waals surface area (Å²) in [5.41, 5.74) is 8.87. The van der Waals surface area contributed by atoms with Gasteiger partial charge >= 0.3 is 0 Å². The number of H-pyrrole nitrogens is 1. The topological polar surface area (TPSA) is 79.2 Å². The van der Waals surface area contributed by atoms with Gasteiger partial charge in [-0.15, -0.1) is 0 Å². The van der Waals surface area contributed by atoms with Crippen LogP contribution in [0.25, 0.3) is 10.9 Å². The minimum absolute atomic E-state index is 0.0370. The second-order valence-corrected chi connectivity index (χ2v) is 5.88. The van der Waals surface area contributed by atoms with Crippen molar-refractivity contribution in [2.75, 3.05) is 0 Å². The number of amides is 2. The van der Waals surface area contributed by atoms with Gasteiger partial charge in [0.25, 0.3) is 0 Å². The van der Waals surface area contributed by atoms with Crippen LogP contribution in [-0.4, -0.2) is 27.7 Å². The molecule has 1 fully saturated rings. The van der Waals surface area contributed by atoms with Crippen LogP contribution in [0.3, 0.4) is 0 Å². The fourth-order valence-electron chi connectivity index (χ4n) is 3.86. The molecule has 1 aromatic carbocycles. The first-order chi connectivity index (χ1) is 10.2. The Bertz CT molecular complexity index is 749. The van der Waals surface area contributed by atoms with Crippen LogP contribution in [0.4, 0.5) is 0 Å². The van der Waals surface area contributed by atoms with Gasteiger partial charge in [-0.1, -0.05) is 18.2 Å². The van der Waals surface area contributed by atoms with E-state index in [1.54, 1.807) is 4.90 Å². The minimum Gasteiger partial charge on any atom is -0.368 e. The Morgan fingerprint density at radius 2 is 2.05 bits per heavy atom. The maximum Gasteiger partial charge on any atom is 0.240 e. The maximum atomic E-state index is 12.4. The summed E-state index contributed by atoms with van der Waals surface area (Å²) in [5, 5.41) is 1.18. The van der Waals surface area contributed by atoms with Crippen molar-refractivity contribution in [3.63, 3.8) is 0 Å². The van der Waals surface area contributed by atoms with Gasteiger partial charge in [0.2, 0.25) is 11.8 Å². The molecular weight excluding hydrogens is 266 g/mol. The third kappa shape index (κ3) is 1.70. The zero-order chi connectivity index (χ0) is 14.6. The molecule has 108 valence electrons. The largest absolute Gasteiger partial charge is 0.368 e. The molecule has 5 heteroatoms. The van der Waals surface area contributed by atoms with Crippen molar-refractivity contribution in [2.24, 2.45) is 5.73 Å². The van der Waals surface area contributed by atoms with Crippen molar-refractivity contribution >= 4 is 22.7 Å². The molecule has 2 aromatic rings. The van der Waals surface area contributed by atoms with Gasteiger partial charge in [0.15, 0.2) is 0 Å². The quantitative estimate of drug-likeness (QED) is 0.834. The molecule has 2 aliphatic rings. The van der Waals surface area contributed by atoms with Crippen molar-refractivity contribution in [3.05, 3.63) is 35.5 Å². The number of para-hydroxylation sites is 1. The van der Waals surface area contributed by atoms with E-state index in [2.05, 4.69) is 17.1 Å². The van der Waals surface area contributed by atoms with Gasteiger partial charge in [0.1, 0.15) is 6.04 Å². The maximum absolute atomic E-state index is 12.4. The van der Waals surface area contributed by atoms with Crippen LogP contribution < -0.4 is 5.73 Å². The van der Waals surface area contributed by atoms with E-state index < -0.39 is 11.9 Å². The van der Waals surface area contributed by atoms with Crippen LogP contribution in [0, 0.1) is 0 Å². The molecule has 2 aliphatic heterocycles. The molecule has 1 aromatic heterocycles. The van der Waals surface area contributed by atoms with Crippen LogP contribution in [-0.2, 0) is 16.0 Å². The highest BCUT2D eigenvalue weighted by Gasteiger charge is 2.43. The minimum atomic E-state index is -0.458. The molecule has 0 saturated carbocycles. The normalized spacial score (nSPS) is 24.8. The van der Waals surface area contributed by atoms with Gasteiger partial charge in [-0.2, -0.15) is 0 Å². The van der Waals surface area contributed by atoms with Crippen molar-refractivity contribution in [2.45, 2.75) is 37.8 Å². The van der Waals surface area contributed by atoms with Crippen molar-refractivity contribution in [1.29, 1.82) is 0 Å². The van der Waals surface area contributed by atoms with Crippen LogP contribution >= 0.6 is 0 Å². The Hall–Kier alpha value is -2.30. The number of rotatable bonds is 1. The average molecular weight is 283 g/mol. The first-order valence-electron chi connectivity index (χ1n) is 7.37. The highest BCUT2D eigenvalue weighted by molar-refractivity contribution is 5.90. The summed E-state index contributed by atoms with van der Waals surface area (Å²) in [5.74, 6) is -0.361. The number of nitrogens with two attached hydrogens (primary N) is 1. The van der Waals surface area contributed by atoms with E-state index in [4.69, 9.17) is 5.73 Å². The molecule has 21 heavy (non-hydrogen) atoms. The third-order valence-electron chi connectivity index (χ3n) is 4.77. The van der Waals surface area contributed by atoms with Crippen molar-refractivity contribution in [3.8, 4) is 0 Å². The van der Waals surface area contributed by atoms with Crippen LogP contribution in [0.2, 0.25) is 0 Å². The number of carbonyl (C=O) groups is 2. The smallest absolute Gasteiger partial charge is 0.240 e. The van der Waals surface area contributed by atoms with Gasteiger partial charge in [-0.25, -0.2) is 0 Å². The standard InChI is InChI=1S/C16H17N3O2/c17-16(21)13-7-6-12-15-10(5-8-14(20)19(12)13)9-3-1-2-4-11(9)18-15/h1-4,12-13,18H,5-8H2,(H2,17,21).